The Morgan fingerprint density at radius 3 is 2.31 bits per heavy atom. The second-order valence-electron chi connectivity index (χ2n) is 3.95. The molecule has 96 valence electrons. The van der Waals surface area contributed by atoms with Crippen LogP contribution in [0.3, 0.4) is 0 Å². The van der Waals surface area contributed by atoms with Crippen molar-refractivity contribution in [3.05, 3.63) is 0 Å². The lowest BCUT2D eigenvalue weighted by Gasteiger charge is -2.23. The minimum Gasteiger partial charge on any atom is -0.601 e. The summed E-state index contributed by atoms with van der Waals surface area (Å²) in [5.41, 5.74) is 0.438. The van der Waals surface area contributed by atoms with E-state index in [-0.39, 0.29) is 6.10 Å². The highest BCUT2D eigenvalue weighted by Crippen LogP contribution is 2.23. The predicted molar refractivity (Wildman–Crippen MR) is 68.6 cm³/mol. The van der Waals surface area contributed by atoms with Gasteiger partial charge in [0.15, 0.2) is 0 Å². The lowest BCUT2D eigenvalue weighted by Crippen LogP contribution is -2.39. The van der Waals surface area contributed by atoms with Crippen molar-refractivity contribution in [1.82, 2.24) is 0 Å². The molecule has 4 nitrogen and oxygen atoms in total. The van der Waals surface area contributed by atoms with Crippen LogP contribution in [-0.4, -0.2) is 26.8 Å². The minimum atomic E-state index is -2.20. The van der Waals surface area contributed by atoms with Gasteiger partial charge in [-0.25, -0.2) is 0 Å². The summed E-state index contributed by atoms with van der Waals surface area (Å²) in [7, 11) is -4.06. The molecule has 2 atom stereocenters. The Bertz CT molecular complexity index is 245. The Hall–Kier alpha value is 0.227. The molecule has 0 saturated carbocycles. The maximum atomic E-state index is 11.7. The van der Waals surface area contributed by atoms with E-state index in [0.29, 0.717) is 12.1 Å². The van der Waals surface area contributed by atoms with Crippen molar-refractivity contribution in [1.29, 1.82) is 0 Å². The van der Waals surface area contributed by atoms with Crippen LogP contribution < -0.4 is 4.89 Å². The SMILES string of the molecule is CCO[Si](C)(CC)O/C(C)=[P+](\[O-])OC(C)C. The first kappa shape index (κ1) is 16.2. The van der Waals surface area contributed by atoms with Crippen LogP contribution in [0, 0.1) is 0 Å². The molecule has 6 heteroatoms. The summed E-state index contributed by atoms with van der Waals surface area (Å²) in [5, 5.41) is 0. The van der Waals surface area contributed by atoms with Crippen LogP contribution in [0.15, 0.2) is 0 Å². The molecular weight excluding hydrogens is 243 g/mol. The topological polar surface area (TPSA) is 50.8 Å². The van der Waals surface area contributed by atoms with Crippen LogP contribution in [0.5, 0.6) is 0 Å². The van der Waals surface area contributed by atoms with Gasteiger partial charge in [0.05, 0.1) is 0 Å². The van der Waals surface area contributed by atoms with Gasteiger partial charge in [-0.3, -0.25) is 0 Å². The van der Waals surface area contributed by atoms with Crippen molar-refractivity contribution in [3.8, 4) is 0 Å². The third-order valence-corrected chi connectivity index (χ3v) is 6.33. The summed E-state index contributed by atoms with van der Waals surface area (Å²) in [6.45, 7) is 11.9. The van der Waals surface area contributed by atoms with Crippen LogP contribution in [0.2, 0.25) is 12.6 Å². The second-order valence-corrected chi connectivity index (χ2v) is 8.78. The highest BCUT2D eigenvalue weighted by molar-refractivity contribution is 7.46. The van der Waals surface area contributed by atoms with Crippen LogP contribution in [-0.2, 0) is 13.4 Å². The van der Waals surface area contributed by atoms with E-state index in [0.717, 1.165) is 6.04 Å². The maximum absolute atomic E-state index is 11.7. The zero-order valence-electron chi connectivity index (χ0n) is 11.1. The quantitative estimate of drug-likeness (QED) is 0.524. The Kier molecular flexibility index (Phi) is 7.64. The van der Waals surface area contributed by atoms with Crippen molar-refractivity contribution in [2.24, 2.45) is 0 Å². The molecule has 0 aromatic carbocycles. The lowest BCUT2D eigenvalue weighted by atomic mass is 10.5. The smallest absolute Gasteiger partial charge is 0.343 e. The van der Waals surface area contributed by atoms with Crippen molar-refractivity contribution in [2.75, 3.05) is 6.61 Å². The molecule has 0 aromatic rings. The summed E-state index contributed by atoms with van der Waals surface area (Å²) >= 11 is 0. The molecule has 0 N–H and O–H groups in total. The van der Waals surface area contributed by atoms with Gasteiger partial charge in [-0.15, -0.1) is 0 Å². The zero-order valence-corrected chi connectivity index (χ0v) is 13.0. The van der Waals surface area contributed by atoms with Crippen molar-refractivity contribution >= 4 is 22.0 Å². The molecule has 0 saturated heterocycles. The third-order valence-electron chi connectivity index (χ3n) is 2.02. The molecular formula is C10H23O4PSi. The Balaban J connectivity index is 4.55. The first-order chi connectivity index (χ1) is 7.34. The van der Waals surface area contributed by atoms with E-state index in [1.807, 2.05) is 34.2 Å². The van der Waals surface area contributed by atoms with Gasteiger partial charge in [0.25, 0.3) is 0 Å². The standard InChI is InChI=1S/C10H23O4PSi/c1-7-12-16(6,8-2)14-10(5)15(11)13-9(3)4/h9H,7-8H2,1-6H3. The average Bonchev–Trinajstić information content (AvgIpc) is 2.17. The normalized spacial score (nSPS) is 17.2. The number of rotatable bonds is 7. The molecule has 16 heavy (non-hydrogen) atoms. The summed E-state index contributed by atoms with van der Waals surface area (Å²) in [6, 6.07) is 0.822. The second kappa shape index (κ2) is 7.53. The van der Waals surface area contributed by atoms with Crippen molar-refractivity contribution < 1.29 is 18.3 Å². The van der Waals surface area contributed by atoms with Gasteiger partial charge in [0, 0.05) is 13.5 Å². The fourth-order valence-corrected chi connectivity index (χ4v) is 4.18. The largest absolute Gasteiger partial charge is 0.601 e. The third kappa shape index (κ3) is 6.08. The van der Waals surface area contributed by atoms with Crippen molar-refractivity contribution in [3.63, 3.8) is 0 Å². The van der Waals surface area contributed by atoms with Gasteiger partial charge in [-0.2, -0.15) is 4.52 Å². The number of hydrogen-bond acceptors (Lipinski definition) is 4. The molecule has 0 aliphatic rings. The van der Waals surface area contributed by atoms with Gasteiger partial charge in [0.1, 0.15) is 6.10 Å². The van der Waals surface area contributed by atoms with E-state index in [2.05, 4.69) is 0 Å². The molecule has 0 rings (SSSR count). The fourth-order valence-electron chi connectivity index (χ4n) is 1.12. The van der Waals surface area contributed by atoms with E-state index in [4.69, 9.17) is 13.4 Å². The van der Waals surface area contributed by atoms with Crippen LogP contribution in [0.25, 0.3) is 0 Å². The van der Waals surface area contributed by atoms with Gasteiger partial charge in [0.2, 0.25) is 13.5 Å². The summed E-state index contributed by atoms with van der Waals surface area (Å²) in [5.74, 6) is 0. The highest BCUT2D eigenvalue weighted by Gasteiger charge is 2.32. The maximum Gasteiger partial charge on any atom is 0.343 e. The molecule has 0 radical (unpaired) electrons. The Labute approximate surface area is 101 Å². The van der Waals surface area contributed by atoms with E-state index in [9.17, 15) is 4.89 Å². The summed E-state index contributed by atoms with van der Waals surface area (Å²) < 4.78 is 16.5. The van der Waals surface area contributed by atoms with Gasteiger partial charge >= 0.3 is 8.56 Å². The molecule has 0 amide bonds. The monoisotopic (exact) mass is 266 g/mol. The van der Waals surface area contributed by atoms with Crippen LogP contribution in [0.4, 0.5) is 0 Å². The van der Waals surface area contributed by atoms with Crippen LogP contribution >= 0.6 is 8.00 Å². The predicted octanol–water partition coefficient (Wildman–Crippen LogP) is 2.38. The van der Waals surface area contributed by atoms with Gasteiger partial charge in [-0.05, 0) is 33.4 Å². The Morgan fingerprint density at radius 1 is 1.38 bits per heavy atom. The molecule has 0 aliphatic heterocycles. The van der Waals surface area contributed by atoms with E-state index in [1.54, 1.807) is 6.92 Å². The zero-order chi connectivity index (χ0) is 12.8. The molecule has 2 unspecified atom stereocenters. The molecule has 0 aromatic heterocycles. The van der Waals surface area contributed by atoms with E-state index < -0.39 is 16.6 Å². The minimum absolute atomic E-state index is 0.0659. The fraction of sp³-hybridized carbons (Fsp3) is 0.900. The van der Waals surface area contributed by atoms with Gasteiger partial charge in [-0.1, -0.05) is 6.92 Å². The lowest BCUT2D eigenvalue weighted by molar-refractivity contribution is -0.175. The Morgan fingerprint density at radius 2 is 1.94 bits per heavy atom. The van der Waals surface area contributed by atoms with Gasteiger partial charge < -0.3 is 13.7 Å². The van der Waals surface area contributed by atoms with E-state index >= 15 is 0 Å². The van der Waals surface area contributed by atoms with E-state index in [1.165, 1.54) is 0 Å². The molecule has 0 fully saturated rings. The molecule has 0 bridgehead atoms. The first-order valence-corrected chi connectivity index (χ1v) is 9.35. The van der Waals surface area contributed by atoms with Crippen LogP contribution in [0.1, 0.15) is 34.6 Å². The molecule has 0 spiro atoms. The first-order valence-electron chi connectivity index (χ1n) is 5.65. The van der Waals surface area contributed by atoms with Crippen molar-refractivity contribution in [2.45, 2.75) is 53.3 Å². The number of hydrogen-bond donors (Lipinski definition) is 0. The summed E-state index contributed by atoms with van der Waals surface area (Å²) in [4.78, 5) is 11.7. The average molecular weight is 266 g/mol. The summed E-state index contributed by atoms with van der Waals surface area (Å²) in [6.07, 6.45) is -0.0659. The highest BCUT2D eigenvalue weighted by atomic mass is 31.1. The molecule has 0 aliphatic carbocycles. The molecule has 0 heterocycles.